The van der Waals surface area contributed by atoms with Crippen molar-refractivity contribution in [1.29, 1.82) is 0 Å². The first-order valence-electron chi connectivity index (χ1n) is 14.7. The zero-order chi connectivity index (χ0) is 27.3. The lowest BCUT2D eigenvalue weighted by atomic mass is 9.37. The summed E-state index contributed by atoms with van der Waals surface area (Å²) in [6, 6.07) is 0. The van der Waals surface area contributed by atoms with Crippen LogP contribution in [0.5, 0.6) is 0 Å². The Labute approximate surface area is 223 Å². The van der Waals surface area contributed by atoms with Crippen molar-refractivity contribution in [1.82, 2.24) is 0 Å². The average Bonchev–Trinajstić information content (AvgIpc) is 3.38. The number of hydrogen-bond acceptors (Lipinski definition) is 6. The first kappa shape index (κ1) is 28.0. The van der Waals surface area contributed by atoms with Gasteiger partial charge in [0.2, 0.25) is 0 Å². The molecule has 1 aliphatic heterocycles. The van der Waals surface area contributed by atoms with E-state index in [0.29, 0.717) is 12.3 Å². The Hall–Kier alpha value is -0.500. The van der Waals surface area contributed by atoms with Gasteiger partial charge in [-0.2, -0.15) is 0 Å². The quantitative estimate of drug-likeness (QED) is 0.409. The Morgan fingerprint density at radius 1 is 0.973 bits per heavy atom. The Balaban J connectivity index is 1.43. The number of allylic oxidation sites excluding steroid dienone is 1. The summed E-state index contributed by atoms with van der Waals surface area (Å²) >= 11 is 0. The van der Waals surface area contributed by atoms with Gasteiger partial charge in [-0.15, -0.1) is 0 Å². The molecule has 4 N–H and O–H groups in total. The lowest BCUT2D eigenvalue weighted by molar-refractivity contribution is -0.213. The van der Waals surface area contributed by atoms with E-state index in [2.05, 4.69) is 40.7 Å². The maximum Gasteiger partial charge on any atom is 0.158 e. The van der Waals surface area contributed by atoms with E-state index in [1.807, 2.05) is 13.8 Å². The van der Waals surface area contributed by atoms with Crippen LogP contribution in [0.2, 0.25) is 0 Å². The zero-order valence-corrected chi connectivity index (χ0v) is 24.3. The van der Waals surface area contributed by atoms with Crippen LogP contribution in [0.4, 0.5) is 0 Å². The number of methoxy groups -OCH3 is 1. The molecule has 0 bridgehead atoms. The first-order chi connectivity index (χ1) is 17.0. The fourth-order valence-electron chi connectivity index (χ4n) is 10.5. The standard InChI is InChI=1S/C31H52O6/c1-27(2)22-16-24(33)31(7)20-10-9-18(17-15-19(37-26(17)35)25(34)28(3,4)36-8)29(20,5)13-11-21(31)30(22,6)14-12-23(27)32/h10,17-19,21-26,32-35H,9,11-16H2,1-8H3. The van der Waals surface area contributed by atoms with Gasteiger partial charge in [0, 0.05) is 18.4 Å². The van der Waals surface area contributed by atoms with E-state index in [4.69, 9.17) is 9.47 Å². The minimum absolute atomic E-state index is 0.0703. The van der Waals surface area contributed by atoms with Gasteiger partial charge in [0.15, 0.2) is 6.29 Å². The van der Waals surface area contributed by atoms with E-state index in [1.54, 1.807) is 7.11 Å². The fourth-order valence-corrected chi connectivity index (χ4v) is 10.5. The highest BCUT2D eigenvalue weighted by molar-refractivity contribution is 5.36. The maximum atomic E-state index is 11.9. The summed E-state index contributed by atoms with van der Waals surface area (Å²) in [6.07, 6.45) is 5.52. The second-order valence-corrected chi connectivity index (χ2v) is 15.2. The topological polar surface area (TPSA) is 99.4 Å². The summed E-state index contributed by atoms with van der Waals surface area (Å²) in [6.45, 7) is 15.2. The van der Waals surface area contributed by atoms with E-state index in [0.717, 1.165) is 38.5 Å². The van der Waals surface area contributed by atoms with E-state index in [-0.39, 0.29) is 45.5 Å². The van der Waals surface area contributed by atoms with Crippen molar-refractivity contribution < 1.29 is 29.9 Å². The Kier molecular flexibility index (Phi) is 6.63. The van der Waals surface area contributed by atoms with Gasteiger partial charge in [-0.05, 0) is 92.8 Å². The van der Waals surface area contributed by atoms with Crippen LogP contribution in [0.1, 0.15) is 93.4 Å². The number of aliphatic hydroxyl groups is 4. The van der Waals surface area contributed by atoms with Crippen LogP contribution < -0.4 is 0 Å². The van der Waals surface area contributed by atoms with Gasteiger partial charge < -0.3 is 29.9 Å². The highest BCUT2D eigenvalue weighted by atomic mass is 16.6. The molecule has 4 fully saturated rings. The zero-order valence-electron chi connectivity index (χ0n) is 24.3. The molecule has 212 valence electrons. The molecule has 0 aromatic heterocycles. The second-order valence-electron chi connectivity index (χ2n) is 15.2. The van der Waals surface area contributed by atoms with Crippen molar-refractivity contribution in [2.75, 3.05) is 7.11 Å². The van der Waals surface area contributed by atoms with Crippen LogP contribution in [-0.4, -0.2) is 63.8 Å². The number of ether oxygens (including phenoxy) is 2. The van der Waals surface area contributed by atoms with Gasteiger partial charge in [0.05, 0.1) is 23.9 Å². The van der Waals surface area contributed by atoms with Crippen LogP contribution >= 0.6 is 0 Å². The minimum atomic E-state index is -0.911. The van der Waals surface area contributed by atoms with Gasteiger partial charge >= 0.3 is 0 Å². The molecule has 0 aromatic rings. The van der Waals surface area contributed by atoms with Gasteiger partial charge in [0.1, 0.15) is 6.10 Å². The third-order valence-electron chi connectivity index (χ3n) is 13.0. The van der Waals surface area contributed by atoms with E-state index >= 15 is 0 Å². The predicted octanol–water partition coefficient (Wildman–Crippen LogP) is 4.43. The average molecular weight is 521 g/mol. The molecule has 0 amide bonds. The van der Waals surface area contributed by atoms with E-state index in [1.165, 1.54) is 5.57 Å². The van der Waals surface area contributed by atoms with E-state index < -0.39 is 30.2 Å². The summed E-state index contributed by atoms with van der Waals surface area (Å²) in [5.74, 6) is 0.787. The summed E-state index contributed by atoms with van der Waals surface area (Å²) in [7, 11) is 1.59. The maximum absolute atomic E-state index is 11.9. The number of hydrogen-bond donors (Lipinski definition) is 4. The molecule has 0 spiro atoms. The van der Waals surface area contributed by atoms with E-state index in [9.17, 15) is 20.4 Å². The van der Waals surface area contributed by atoms with Crippen LogP contribution in [0.25, 0.3) is 0 Å². The van der Waals surface area contributed by atoms with Crippen LogP contribution in [-0.2, 0) is 9.47 Å². The smallest absolute Gasteiger partial charge is 0.158 e. The van der Waals surface area contributed by atoms with Crippen molar-refractivity contribution in [3.63, 3.8) is 0 Å². The molecule has 5 aliphatic rings. The summed E-state index contributed by atoms with van der Waals surface area (Å²) in [5.41, 5.74) is 0.0594. The molecule has 1 saturated heterocycles. The molecule has 12 unspecified atom stereocenters. The molecule has 12 atom stereocenters. The van der Waals surface area contributed by atoms with Crippen LogP contribution in [0.3, 0.4) is 0 Å². The Morgan fingerprint density at radius 2 is 1.65 bits per heavy atom. The molecule has 4 aliphatic carbocycles. The lowest BCUT2D eigenvalue weighted by Gasteiger charge is -2.68. The molecule has 5 rings (SSSR count). The molecule has 1 heterocycles. The SMILES string of the molecule is COC(C)(C)C(O)C1CC(C2CC=C3C2(C)CCC2C4(C)CCC(O)C(C)(C)C4CC(O)C32C)C(O)O1. The van der Waals surface area contributed by atoms with Crippen LogP contribution in [0, 0.1) is 45.3 Å². The van der Waals surface area contributed by atoms with Crippen molar-refractivity contribution in [2.24, 2.45) is 45.3 Å². The third kappa shape index (κ3) is 3.72. The van der Waals surface area contributed by atoms with Gasteiger partial charge in [-0.25, -0.2) is 0 Å². The first-order valence-corrected chi connectivity index (χ1v) is 14.7. The Bertz CT molecular complexity index is 929. The van der Waals surface area contributed by atoms with Gasteiger partial charge in [-0.3, -0.25) is 0 Å². The molecular weight excluding hydrogens is 468 g/mol. The highest BCUT2D eigenvalue weighted by Crippen LogP contribution is 2.73. The number of rotatable bonds is 4. The number of fused-ring (bicyclic) bond motifs is 5. The molecule has 3 saturated carbocycles. The summed E-state index contributed by atoms with van der Waals surface area (Å²) in [5, 5.41) is 44.8. The summed E-state index contributed by atoms with van der Waals surface area (Å²) in [4.78, 5) is 0. The molecule has 37 heavy (non-hydrogen) atoms. The van der Waals surface area contributed by atoms with Gasteiger partial charge in [-0.1, -0.05) is 46.3 Å². The number of aliphatic hydroxyl groups excluding tert-OH is 4. The van der Waals surface area contributed by atoms with Crippen molar-refractivity contribution in [3.05, 3.63) is 11.6 Å². The molecule has 0 aromatic carbocycles. The van der Waals surface area contributed by atoms with Crippen molar-refractivity contribution >= 4 is 0 Å². The monoisotopic (exact) mass is 520 g/mol. The molecule has 6 heteroatoms. The summed E-state index contributed by atoms with van der Waals surface area (Å²) < 4.78 is 11.5. The molecule has 6 nitrogen and oxygen atoms in total. The van der Waals surface area contributed by atoms with Crippen molar-refractivity contribution in [3.8, 4) is 0 Å². The van der Waals surface area contributed by atoms with Crippen LogP contribution in [0.15, 0.2) is 11.6 Å². The highest BCUT2D eigenvalue weighted by Gasteiger charge is 2.68. The molecule has 0 radical (unpaired) electrons. The lowest BCUT2D eigenvalue weighted by Crippen LogP contribution is -2.65. The largest absolute Gasteiger partial charge is 0.393 e. The molecular formula is C31H52O6. The third-order valence-corrected chi connectivity index (χ3v) is 13.0. The van der Waals surface area contributed by atoms with Gasteiger partial charge in [0.25, 0.3) is 0 Å². The fraction of sp³-hybridized carbons (Fsp3) is 0.935. The van der Waals surface area contributed by atoms with Crippen molar-refractivity contribution in [2.45, 2.75) is 130 Å². The minimum Gasteiger partial charge on any atom is -0.393 e. The normalized spacial score (nSPS) is 52.2. The second kappa shape index (κ2) is 8.75. The Morgan fingerprint density at radius 3 is 2.30 bits per heavy atom. The predicted molar refractivity (Wildman–Crippen MR) is 142 cm³/mol.